The summed E-state index contributed by atoms with van der Waals surface area (Å²) in [6.45, 7) is 0. The third kappa shape index (κ3) is 1.77. The van der Waals surface area contributed by atoms with E-state index in [-0.39, 0.29) is 0 Å². The maximum absolute atomic E-state index is 10.2. The summed E-state index contributed by atoms with van der Waals surface area (Å²) in [7, 11) is 0. The smallest absolute Gasteiger partial charge is 0.297 e. The lowest BCUT2D eigenvalue weighted by Crippen LogP contribution is -2.04. The Bertz CT molecular complexity index is 196. The number of amides is 1. The van der Waals surface area contributed by atoms with Crippen molar-refractivity contribution in [3.63, 3.8) is 0 Å². The molecule has 1 aromatic rings. The number of hydrogen-bond acceptors (Lipinski definition) is 3. The van der Waals surface area contributed by atoms with Crippen LogP contribution in [0.5, 0.6) is 0 Å². The van der Waals surface area contributed by atoms with E-state index in [2.05, 4.69) is 4.98 Å². The zero-order valence-corrected chi connectivity index (χ0v) is 5.34. The molecule has 4 nitrogen and oxygen atoms in total. The maximum Gasteiger partial charge on any atom is 0.297 e. The molecule has 0 aliphatic carbocycles. The molecule has 0 bridgehead atoms. The van der Waals surface area contributed by atoms with Crippen LogP contribution in [0, 0.1) is 0 Å². The predicted octanol–water partition coefficient (Wildman–Crippen LogP) is 0.458. The van der Waals surface area contributed by atoms with Crippen molar-refractivity contribution in [2.45, 2.75) is 0 Å². The molecule has 1 heterocycles. The van der Waals surface area contributed by atoms with E-state index in [1.807, 2.05) is 0 Å². The van der Waals surface area contributed by atoms with Crippen LogP contribution in [0.25, 0.3) is 0 Å². The van der Waals surface area contributed by atoms with Crippen molar-refractivity contribution in [2.24, 2.45) is 5.73 Å². The minimum atomic E-state index is -0.437. The fourth-order valence-electron chi connectivity index (χ4n) is 0.405. The lowest BCUT2D eigenvalue weighted by atomic mass is 11.0. The van der Waals surface area contributed by atoms with E-state index in [1.165, 1.54) is 10.3 Å². The normalized spacial score (nSPS) is 9.33. The summed E-state index contributed by atoms with van der Waals surface area (Å²) in [5.41, 5.74) is 4.86. The standard InChI is InChI=1S/C4H5N3OS/c5-4(8)9-7-2-1-6-3-7/h1-3H,(H2,5,8). The highest BCUT2D eigenvalue weighted by molar-refractivity contribution is 8.12. The summed E-state index contributed by atoms with van der Waals surface area (Å²) in [6, 6.07) is 0. The summed E-state index contributed by atoms with van der Waals surface area (Å²) in [4.78, 5) is 13.9. The number of primary amides is 1. The minimum Gasteiger partial charge on any atom is -0.359 e. The molecule has 0 saturated heterocycles. The van der Waals surface area contributed by atoms with Gasteiger partial charge in [-0.05, 0) is 0 Å². The van der Waals surface area contributed by atoms with Gasteiger partial charge in [-0.1, -0.05) is 0 Å². The number of nitrogens with zero attached hydrogens (tertiary/aromatic N) is 2. The van der Waals surface area contributed by atoms with E-state index in [0.29, 0.717) is 0 Å². The van der Waals surface area contributed by atoms with Crippen molar-refractivity contribution >= 4 is 17.2 Å². The highest BCUT2D eigenvalue weighted by Gasteiger charge is 1.94. The van der Waals surface area contributed by atoms with Crippen molar-refractivity contribution in [1.82, 2.24) is 8.96 Å². The molecule has 0 aliphatic heterocycles. The zero-order chi connectivity index (χ0) is 6.69. The molecule has 5 heteroatoms. The van der Waals surface area contributed by atoms with Crippen LogP contribution in [0.1, 0.15) is 0 Å². The third-order valence-electron chi connectivity index (χ3n) is 0.676. The van der Waals surface area contributed by atoms with Crippen LogP contribution in [-0.2, 0) is 0 Å². The van der Waals surface area contributed by atoms with Gasteiger partial charge in [0.1, 0.15) is 6.33 Å². The van der Waals surface area contributed by atoms with Gasteiger partial charge in [0.25, 0.3) is 5.24 Å². The third-order valence-corrected chi connectivity index (χ3v) is 1.28. The molecule has 1 amide bonds. The molecule has 0 aliphatic rings. The Hall–Kier alpha value is -0.970. The molecule has 0 atom stereocenters. The van der Waals surface area contributed by atoms with Crippen LogP contribution in [0.2, 0.25) is 0 Å². The first-order valence-corrected chi connectivity index (χ1v) is 3.02. The molecule has 0 aromatic carbocycles. The SMILES string of the molecule is NC(=O)Sn1ccnc1. The molecule has 0 spiro atoms. The molecule has 1 rings (SSSR count). The monoisotopic (exact) mass is 143 g/mol. The van der Waals surface area contributed by atoms with Gasteiger partial charge in [0.15, 0.2) is 0 Å². The highest BCUT2D eigenvalue weighted by Crippen LogP contribution is 2.02. The first kappa shape index (κ1) is 6.15. The van der Waals surface area contributed by atoms with Gasteiger partial charge in [0.2, 0.25) is 0 Å². The van der Waals surface area contributed by atoms with Crippen LogP contribution < -0.4 is 5.73 Å². The van der Waals surface area contributed by atoms with E-state index in [0.717, 1.165) is 11.9 Å². The molecule has 0 saturated carbocycles. The van der Waals surface area contributed by atoms with Gasteiger partial charge in [-0.2, -0.15) is 0 Å². The van der Waals surface area contributed by atoms with Crippen molar-refractivity contribution in [1.29, 1.82) is 0 Å². The van der Waals surface area contributed by atoms with Crippen molar-refractivity contribution in [3.8, 4) is 0 Å². The second-order valence-corrected chi connectivity index (χ2v) is 2.34. The van der Waals surface area contributed by atoms with Gasteiger partial charge in [-0.25, -0.2) is 4.98 Å². The largest absolute Gasteiger partial charge is 0.359 e. The molecule has 0 fully saturated rings. The average Bonchev–Trinajstić information content (AvgIpc) is 2.15. The molecular weight excluding hydrogens is 138 g/mol. The second-order valence-electron chi connectivity index (χ2n) is 1.33. The Labute approximate surface area is 56.2 Å². The Morgan fingerprint density at radius 2 is 2.56 bits per heavy atom. The lowest BCUT2D eigenvalue weighted by Gasteiger charge is -1.91. The van der Waals surface area contributed by atoms with Crippen LogP contribution in [0.3, 0.4) is 0 Å². The quantitative estimate of drug-likeness (QED) is 0.621. The van der Waals surface area contributed by atoms with Gasteiger partial charge in [-0.15, -0.1) is 0 Å². The Kier molecular flexibility index (Phi) is 1.74. The fourth-order valence-corrected chi connectivity index (χ4v) is 0.829. The van der Waals surface area contributed by atoms with Crippen molar-refractivity contribution in [3.05, 3.63) is 18.7 Å². The first-order valence-electron chi connectivity index (χ1n) is 2.25. The summed E-state index contributed by atoms with van der Waals surface area (Å²) < 4.78 is 1.53. The van der Waals surface area contributed by atoms with Gasteiger partial charge in [-0.3, -0.25) is 8.77 Å². The number of carbonyl (C=O) groups excluding carboxylic acids is 1. The first-order chi connectivity index (χ1) is 4.29. The molecule has 0 radical (unpaired) electrons. The van der Waals surface area contributed by atoms with Crippen LogP contribution in [0.4, 0.5) is 4.79 Å². The van der Waals surface area contributed by atoms with E-state index < -0.39 is 5.24 Å². The second kappa shape index (κ2) is 2.54. The maximum atomic E-state index is 10.2. The summed E-state index contributed by atoms with van der Waals surface area (Å²) in [5, 5.41) is -0.437. The van der Waals surface area contributed by atoms with Crippen molar-refractivity contribution < 1.29 is 4.79 Å². The van der Waals surface area contributed by atoms with Gasteiger partial charge in [0, 0.05) is 12.4 Å². The van der Waals surface area contributed by atoms with E-state index >= 15 is 0 Å². The number of rotatable bonds is 1. The predicted molar refractivity (Wildman–Crippen MR) is 34.8 cm³/mol. The van der Waals surface area contributed by atoms with Gasteiger partial charge < -0.3 is 5.73 Å². The van der Waals surface area contributed by atoms with E-state index in [4.69, 9.17) is 5.73 Å². The summed E-state index contributed by atoms with van der Waals surface area (Å²) in [6.07, 6.45) is 4.74. The minimum absolute atomic E-state index is 0.437. The number of hydrogen-bond donors (Lipinski definition) is 1. The molecular formula is C4H5N3OS. The van der Waals surface area contributed by atoms with Gasteiger partial charge in [0.05, 0.1) is 11.9 Å². The topological polar surface area (TPSA) is 60.9 Å². The fraction of sp³-hybridized carbons (Fsp3) is 0. The number of aromatic nitrogens is 2. The van der Waals surface area contributed by atoms with E-state index in [1.54, 1.807) is 12.4 Å². The Morgan fingerprint density at radius 1 is 1.78 bits per heavy atom. The molecule has 48 valence electrons. The van der Waals surface area contributed by atoms with E-state index in [9.17, 15) is 4.79 Å². The Morgan fingerprint density at radius 3 is 3.00 bits per heavy atom. The number of imidazole rings is 1. The summed E-state index contributed by atoms with van der Waals surface area (Å²) >= 11 is 0.898. The Balaban J connectivity index is 2.58. The summed E-state index contributed by atoms with van der Waals surface area (Å²) in [5.74, 6) is 0. The number of carbonyl (C=O) groups is 1. The zero-order valence-electron chi connectivity index (χ0n) is 4.52. The van der Waals surface area contributed by atoms with Crippen molar-refractivity contribution in [2.75, 3.05) is 0 Å². The highest BCUT2D eigenvalue weighted by atomic mass is 32.2. The van der Waals surface area contributed by atoms with Crippen LogP contribution in [0.15, 0.2) is 18.7 Å². The molecule has 2 N–H and O–H groups in total. The molecule has 1 aromatic heterocycles. The molecule has 0 unspecified atom stereocenters. The van der Waals surface area contributed by atoms with Crippen LogP contribution in [-0.4, -0.2) is 14.2 Å². The van der Waals surface area contributed by atoms with Crippen LogP contribution >= 0.6 is 11.9 Å². The molecule has 9 heavy (non-hydrogen) atoms. The number of nitrogens with two attached hydrogens (primary N) is 1. The average molecular weight is 143 g/mol. The van der Waals surface area contributed by atoms with Gasteiger partial charge >= 0.3 is 0 Å². The lowest BCUT2D eigenvalue weighted by molar-refractivity contribution is 0.267.